The van der Waals surface area contributed by atoms with Gasteiger partial charge in [-0.3, -0.25) is 0 Å². The Bertz CT molecular complexity index is 71.0. The van der Waals surface area contributed by atoms with Crippen LogP contribution in [0.1, 0.15) is 0 Å². The summed E-state index contributed by atoms with van der Waals surface area (Å²) in [5, 5.41) is 17.3. The Kier molecular flexibility index (Phi) is 16.9. The zero-order chi connectivity index (χ0) is 7.15. The molecule has 0 rings (SSSR count). The number of rotatable bonds is 0. The van der Waals surface area contributed by atoms with Gasteiger partial charge in [-0.25, -0.2) is 0 Å². The molecule has 0 atom stereocenters. The van der Waals surface area contributed by atoms with E-state index in [9.17, 15) is 0 Å². The highest BCUT2D eigenvalue weighted by molar-refractivity contribution is 5.59. The fraction of sp³-hybridized carbons (Fsp3) is 0. The minimum absolute atomic E-state index is 0. The van der Waals surface area contributed by atoms with Crippen LogP contribution in [-0.4, -0.2) is 12.2 Å². The molecule has 0 fully saturated rings. The molecule has 0 spiro atoms. The maximum absolute atomic E-state index is 8.67. The number of carbonyl (C=O) groups is 2. The summed E-state index contributed by atoms with van der Waals surface area (Å²) < 4.78 is 0. The van der Waals surface area contributed by atoms with E-state index in [-0.39, 0.29) is 5.48 Å². The van der Waals surface area contributed by atoms with E-state index in [0.717, 1.165) is 0 Å². The molecule has 52 valence electrons. The maximum atomic E-state index is 8.67. The van der Waals surface area contributed by atoms with Crippen LogP contribution in [0, 0.1) is 0 Å². The predicted octanol–water partition coefficient (Wildman–Crippen LogP) is -3.54. The average molecular weight is 136 g/mol. The summed E-state index contributed by atoms with van der Waals surface area (Å²) in [5.41, 5.74) is 7.83. The molecule has 4 radical (unpaired) electrons. The van der Waals surface area contributed by atoms with Gasteiger partial charge in [-0.15, -0.1) is 0 Å². The van der Waals surface area contributed by atoms with Gasteiger partial charge in [0.15, 0.2) is 0 Å². The Morgan fingerprint density at radius 3 is 1.00 bits per heavy atom. The second kappa shape index (κ2) is 9.71. The second-order valence-corrected chi connectivity index (χ2v) is 0.638. The molecule has 0 saturated heterocycles. The summed E-state index contributed by atoms with van der Waals surface area (Å²) in [7, 11) is 0. The Balaban J connectivity index is -0.0000000720. The van der Waals surface area contributed by atoms with Gasteiger partial charge in [-0.2, -0.15) is 0 Å². The standard InChI is InChI=1S/2CH3NO2.O/c2*2-1(3)4;/h2*2H2,(H,3,4);/q;;+2/p-2. The number of hydrogen-bond acceptors (Lipinski definition) is 4. The molecule has 7 nitrogen and oxygen atoms in total. The lowest BCUT2D eigenvalue weighted by Crippen LogP contribution is -2.29. The highest BCUT2D eigenvalue weighted by Crippen LogP contribution is 1.23. The fourth-order valence-corrected chi connectivity index (χ4v) is 0. The zero-order valence-corrected chi connectivity index (χ0v) is 4.20. The van der Waals surface area contributed by atoms with Crippen molar-refractivity contribution >= 4 is 12.2 Å². The summed E-state index contributed by atoms with van der Waals surface area (Å²) >= 11 is 0. The molecule has 0 aromatic rings. The Labute approximate surface area is 50.2 Å². The fourth-order valence-electron chi connectivity index (χ4n) is 0. The number of nitrogens with two attached hydrogens (primary N) is 2. The van der Waals surface area contributed by atoms with Crippen molar-refractivity contribution in [1.82, 2.24) is 0 Å². The molecule has 0 aliphatic heterocycles. The number of hydrogen-bond donors (Lipinski definition) is 2. The van der Waals surface area contributed by atoms with E-state index >= 15 is 0 Å². The van der Waals surface area contributed by atoms with Crippen LogP contribution in [0.15, 0.2) is 0 Å². The van der Waals surface area contributed by atoms with Gasteiger partial charge in [0.25, 0.3) is 0 Å². The van der Waals surface area contributed by atoms with Crippen LogP contribution >= 0.6 is 0 Å². The third-order valence-corrected chi connectivity index (χ3v) is 0. The van der Waals surface area contributed by atoms with Crippen LogP contribution < -0.4 is 21.7 Å². The molecule has 0 bridgehead atoms. The van der Waals surface area contributed by atoms with Crippen molar-refractivity contribution in [3.63, 3.8) is 0 Å². The average Bonchev–Trinajstić information content (AvgIpc) is 1.25. The lowest BCUT2D eigenvalue weighted by Gasteiger charge is -1.78. The molecule has 7 heteroatoms. The van der Waals surface area contributed by atoms with Crippen LogP contribution in [0.25, 0.3) is 0 Å². The molecule has 0 aromatic carbocycles. The van der Waals surface area contributed by atoms with Gasteiger partial charge in [0, 0.05) is 0 Å². The van der Waals surface area contributed by atoms with Crippen molar-refractivity contribution < 1.29 is 25.3 Å². The Morgan fingerprint density at radius 2 is 1.00 bits per heavy atom. The highest BCUT2D eigenvalue weighted by Gasteiger charge is 2.00. The van der Waals surface area contributed by atoms with Crippen LogP contribution in [0.4, 0.5) is 9.59 Å². The first-order chi connectivity index (χ1) is 3.46. The molecule has 0 aromatic heterocycles. The Hall–Kier alpha value is -1.50. The first-order valence-electron chi connectivity index (χ1n) is 1.39. The van der Waals surface area contributed by atoms with Crippen molar-refractivity contribution in [1.29, 1.82) is 0 Å². The van der Waals surface area contributed by atoms with Gasteiger partial charge >= 0.3 is 5.48 Å². The van der Waals surface area contributed by atoms with E-state index in [1.54, 1.807) is 0 Å². The van der Waals surface area contributed by atoms with E-state index in [1.165, 1.54) is 0 Å². The third kappa shape index (κ3) is 58.5. The van der Waals surface area contributed by atoms with E-state index in [1.807, 2.05) is 0 Å². The minimum Gasteiger partial charge on any atom is -0.530 e. The van der Waals surface area contributed by atoms with Crippen LogP contribution in [-0.2, 0) is 5.48 Å². The van der Waals surface area contributed by atoms with Crippen LogP contribution in [0.3, 0.4) is 0 Å². The lowest BCUT2D eigenvalue weighted by atomic mass is 11.3. The van der Waals surface area contributed by atoms with E-state index in [4.69, 9.17) is 19.8 Å². The van der Waals surface area contributed by atoms with Gasteiger partial charge in [0.1, 0.15) is 12.2 Å². The third-order valence-electron chi connectivity index (χ3n) is 0. The minimum atomic E-state index is -1.58. The topological polar surface area (TPSA) is 161 Å². The molecule has 0 unspecified atom stereocenters. The van der Waals surface area contributed by atoms with Gasteiger partial charge in [-0.05, 0) is 0 Å². The SMILES string of the molecule is NC(=O)[O-].NC(=O)[O-].[O+2]. The predicted molar refractivity (Wildman–Crippen MR) is 19.9 cm³/mol. The largest absolute Gasteiger partial charge is 2.00 e. The first kappa shape index (κ1) is 15.6. The van der Waals surface area contributed by atoms with Gasteiger partial charge in [-0.1, -0.05) is 0 Å². The molecule has 4 N–H and O–H groups in total. The molecule has 0 aliphatic rings. The quantitative estimate of drug-likeness (QED) is 0.352. The summed E-state index contributed by atoms with van der Waals surface area (Å²) in [6.45, 7) is 0. The smallest absolute Gasteiger partial charge is 0.530 e. The molecule has 0 aliphatic carbocycles. The van der Waals surface area contributed by atoms with Crippen molar-refractivity contribution in [3.05, 3.63) is 0 Å². The molecule has 9 heavy (non-hydrogen) atoms. The lowest BCUT2D eigenvalue weighted by molar-refractivity contribution is -0.246. The normalized spacial score (nSPS) is 5.33. The highest BCUT2D eigenvalue weighted by atomic mass is 16.4. The summed E-state index contributed by atoms with van der Waals surface area (Å²) in [5.74, 6) is 0. The molecule has 0 saturated carbocycles. The van der Waals surface area contributed by atoms with Gasteiger partial charge in [0.2, 0.25) is 0 Å². The van der Waals surface area contributed by atoms with Crippen molar-refractivity contribution in [2.24, 2.45) is 11.5 Å². The molecular formula is C2H4N2O5. The van der Waals surface area contributed by atoms with Crippen LogP contribution in [0.5, 0.6) is 0 Å². The second-order valence-electron chi connectivity index (χ2n) is 0.638. The van der Waals surface area contributed by atoms with Crippen molar-refractivity contribution in [2.75, 3.05) is 0 Å². The van der Waals surface area contributed by atoms with Crippen molar-refractivity contribution in [2.45, 2.75) is 0 Å². The monoisotopic (exact) mass is 136 g/mol. The molecular weight excluding hydrogens is 132 g/mol. The maximum Gasteiger partial charge on any atom is 2.00 e. The summed E-state index contributed by atoms with van der Waals surface area (Å²) in [6, 6.07) is 0. The number of amides is 2. The summed E-state index contributed by atoms with van der Waals surface area (Å²) in [4.78, 5) is 17.3. The van der Waals surface area contributed by atoms with E-state index in [0.29, 0.717) is 0 Å². The first-order valence-corrected chi connectivity index (χ1v) is 1.39. The Morgan fingerprint density at radius 1 is 1.00 bits per heavy atom. The number of carboxylic acid groups (broad SMARTS) is 2. The van der Waals surface area contributed by atoms with E-state index in [2.05, 4.69) is 11.5 Å². The van der Waals surface area contributed by atoms with Gasteiger partial charge in [0.05, 0.1) is 0 Å². The molecule has 0 heterocycles. The number of primary amides is 2. The van der Waals surface area contributed by atoms with Crippen molar-refractivity contribution in [3.8, 4) is 0 Å². The van der Waals surface area contributed by atoms with Crippen LogP contribution in [0.2, 0.25) is 0 Å². The zero-order valence-electron chi connectivity index (χ0n) is 4.20. The van der Waals surface area contributed by atoms with E-state index < -0.39 is 12.2 Å². The van der Waals surface area contributed by atoms with Gasteiger partial charge < -0.3 is 31.3 Å². The molecule has 2 amide bonds. The summed E-state index contributed by atoms with van der Waals surface area (Å²) in [6.07, 6.45) is -3.17. The number of carbonyl (C=O) groups excluding carboxylic acids is 2.